The number of hydrogen-bond acceptors (Lipinski definition) is 1. The zero-order chi connectivity index (χ0) is 35.4. The first-order valence-electron chi connectivity index (χ1n) is 18.2. The topological polar surface area (TPSA) is 3.24 Å². The van der Waals surface area contributed by atoms with Gasteiger partial charge in [0.1, 0.15) is 0 Å². The molecule has 0 aromatic heterocycles. The van der Waals surface area contributed by atoms with Crippen LogP contribution in [0.5, 0.6) is 0 Å². The molecule has 0 spiro atoms. The molecule has 1 nitrogen and oxygen atoms in total. The highest BCUT2D eigenvalue weighted by atomic mass is 15.1. The van der Waals surface area contributed by atoms with Crippen molar-refractivity contribution in [3.05, 3.63) is 224 Å². The molecule has 0 amide bonds. The third-order valence-electron chi connectivity index (χ3n) is 10.1. The number of benzene rings is 9. The van der Waals surface area contributed by atoms with Gasteiger partial charge in [-0.1, -0.05) is 182 Å². The molecular formula is C52H37N. The van der Waals surface area contributed by atoms with Gasteiger partial charge in [0.05, 0.1) is 0 Å². The Bertz CT molecular complexity index is 2620. The maximum Gasteiger partial charge on any atom is 0.0467 e. The Hall–Kier alpha value is -6.96. The minimum absolute atomic E-state index is 1.10. The Balaban J connectivity index is 1.09. The summed E-state index contributed by atoms with van der Waals surface area (Å²) in [6.45, 7) is 0. The van der Waals surface area contributed by atoms with Gasteiger partial charge in [0.25, 0.3) is 0 Å². The molecule has 0 radical (unpaired) electrons. The van der Waals surface area contributed by atoms with Gasteiger partial charge < -0.3 is 4.90 Å². The van der Waals surface area contributed by atoms with E-state index in [9.17, 15) is 0 Å². The predicted octanol–water partition coefficient (Wildman–Crippen LogP) is 14.6. The van der Waals surface area contributed by atoms with E-state index >= 15 is 0 Å². The maximum atomic E-state index is 2.36. The normalized spacial score (nSPS) is 11.0. The van der Waals surface area contributed by atoms with Crippen LogP contribution in [0.2, 0.25) is 0 Å². The van der Waals surface area contributed by atoms with Crippen LogP contribution in [0, 0.1) is 0 Å². The molecule has 0 fully saturated rings. The summed E-state index contributed by atoms with van der Waals surface area (Å²) < 4.78 is 0. The van der Waals surface area contributed by atoms with Crippen molar-refractivity contribution in [1.82, 2.24) is 0 Å². The van der Waals surface area contributed by atoms with Gasteiger partial charge in [-0.25, -0.2) is 0 Å². The third-order valence-corrected chi connectivity index (χ3v) is 10.1. The minimum atomic E-state index is 1.10. The second kappa shape index (κ2) is 14.3. The molecule has 9 aromatic carbocycles. The second-order valence-electron chi connectivity index (χ2n) is 13.4. The number of hydrogen-bond donors (Lipinski definition) is 0. The van der Waals surface area contributed by atoms with E-state index in [4.69, 9.17) is 0 Å². The lowest BCUT2D eigenvalue weighted by molar-refractivity contribution is 1.28. The Morgan fingerprint density at radius 2 is 0.623 bits per heavy atom. The van der Waals surface area contributed by atoms with Gasteiger partial charge in [-0.3, -0.25) is 0 Å². The summed E-state index contributed by atoms with van der Waals surface area (Å²) in [7, 11) is 0. The molecule has 0 aliphatic carbocycles. The van der Waals surface area contributed by atoms with Gasteiger partial charge in [0.2, 0.25) is 0 Å². The van der Waals surface area contributed by atoms with Crippen LogP contribution in [0.3, 0.4) is 0 Å². The highest BCUT2D eigenvalue weighted by Gasteiger charge is 2.15. The van der Waals surface area contributed by atoms with Crippen LogP contribution in [0.1, 0.15) is 0 Å². The molecule has 0 aliphatic heterocycles. The molecule has 0 saturated heterocycles. The Morgan fingerprint density at radius 1 is 0.226 bits per heavy atom. The Morgan fingerprint density at radius 3 is 1.23 bits per heavy atom. The van der Waals surface area contributed by atoms with Crippen LogP contribution in [0.25, 0.3) is 66.4 Å². The summed E-state index contributed by atoms with van der Waals surface area (Å²) in [6.07, 6.45) is 0. The van der Waals surface area contributed by atoms with Crippen LogP contribution in [-0.2, 0) is 0 Å². The molecule has 0 saturated carbocycles. The molecule has 9 aromatic rings. The number of anilines is 3. The van der Waals surface area contributed by atoms with Gasteiger partial charge in [0, 0.05) is 17.1 Å². The van der Waals surface area contributed by atoms with Crippen molar-refractivity contribution < 1.29 is 0 Å². The largest absolute Gasteiger partial charge is 0.310 e. The molecule has 0 aliphatic rings. The highest BCUT2D eigenvalue weighted by Crippen LogP contribution is 2.40. The molecule has 1 heteroatoms. The first kappa shape index (κ1) is 32.0. The molecule has 0 bridgehead atoms. The fourth-order valence-electron chi connectivity index (χ4n) is 7.34. The van der Waals surface area contributed by atoms with E-state index < -0.39 is 0 Å². The lowest BCUT2D eigenvalue weighted by Gasteiger charge is -2.26. The average Bonchev–Trinajstić information content (AvgIpc) is 3.25. The molecule has 0 heterocycles. The van der Waals surface area contributed by atoms with Crippen molar-refractivity contribution in [2.75, 3.05) is 4.90 Å². The highest BCUT2D eigenvalue weighted by molar-refractivity contribution is 5.97. The predicted molar refractivity (Wildman–Crippen MR) is 226 cm³/mol. The third kappa shape index (κ3) is 6.65. The monoisotopic (exact) mass is 675 g/mol. The van der Waals surface area contributed by atoms with Gasteiger partial charge >= 0.3 is 0 Å². The van der Waals surface area contributed by atoms with E-state index in [0.717, 1.165) is 17.1 Å². The van der Waals surface area contributed by atoms with E-state index in [0.29, 0.717) is 0 Å². The van der Waals surface area contributed by atoms with E-state index in [1.165, 1.54) is 66.4 Å². The van der Waals surface area contributed by atoms with Crippen LogP contribution in [-0.4, -0.2) is 0 Å². The van der Waals surface area contributed by atoms with Crippen LogP contribution in [0.4, 0.5) is 17.1 Å². The van der Waals surface area contributed by atoms with Crippen molar-refractivity contribution in [2.24, 2.45) is 0 Å². The van der Waals surface area contributed by atoms with Crippen molar-refractivity contribution >= 4 is 27.8 Å². The first-order chi connectivity index (χ1) is 26.3. The fourth-order valence-corrected chi connectivity index (χ4v) is 7.34. The summed E-state index contributed by atoms with van der Waals surface area (Å²) in [4.78, 5) is 2.36. The molecule has 0 unspecified atom stereocenters. The van der Waals surface area contributed by atoms with Crippen LogP contribution < -0.4 is 4.90 Å². The zero-order valence-electron chi connectivity index (χ0n) is 29.3. The van der Waals surface area contributed by atoms with Gasteiger partial charge in [-0.05, 0) is 109 Å². The van der Waals surface area contributed by atoms with Crippen LogP contribution in [0.15, 0.2) is 224 Å². The van der Waals surface area contributed by atoms with Crippen molar-refractivity contribution in [2.45, 2.75) is 0 Å². The number of nitrogens with zero attached hydrogens (tertiary/aromatic N) is 1. The first-order valence-corrected chi connectivity index (χ1v) is 18.2. The molecule has 9 rings (SSSR count). The van der Waals surface area contributed by atoms with E-state index in [1.54, 1.807) is 0 Å². The van der Waals surface area contributed by atoms with Crippen LogP contribution >= 0.6 is 0 Å². The summed E-state index contributed by atoms with van der Waals surface area (Å²) in [5.74, 6) is 0. The molecule has 0 atom stereocenters. The second-order valence-corrected chi connectivity index (χ2v) is 13.4. The summed E-state index contributed by atoms with van der Waals surface area (Å²) in [5.41, 5.74) is 15.4. The van der Waals surface area contributed by atoms with Gasteiger partial charge in [-0.15, -0.1) is 0 Å². The minimum Gasteiger partial charge on any atom is -0.310 e. The summed E-state index contributed by atoms with van der Waals surface area (Å²) in [6, 6.07) is 80.8. The SMILES string of the molecule is c1ccc(-c2ccc(-c3ccc(N(c4ccc(-c5cccc(-c6ccccc6)c5)cc4)c4cccc(-c5cccc6ccccc56)c4)cc3)cc2)cc1. The van der Waals surface area contributed by atoms with Crippen molar-refractivity contribution in [1.29, 1.82) is 0 Å². The van der Waals surface area contributed by atoms with E-state index in [-0.39, 0.29) is 0 Å². The molecule has 250 valence electrons. The van der Waals surface area contributed by atoms with Crippen molar-refractivity contribution in [3.8, 4) is 55.6 Å². The number of fused-ring (bicyclic) bond motifs is 1. The molecular weight excluding hydrogens is 639 g/mol. The average molecular weight is 676 g/mol. The van der Waals surface area contributed by atoms with Gasteiger partial charge in [-0.2, -0.15) is 0 Å². The number of rotatable bonds is 8. The van der Waals surface area contributed by atoms with Gasteiger partial charge in [0.15, 0.2) is 0 Å². The fraction of sp³-hybridized carbons (Fsp3) is 0. The molecule has 0 N–H and O–H groups in total. The van der Waals surface area contributed by atoms with Crippen molar-refractivity contribution in [3.63, 3.8) is 0 Å². The summed E-state index contributed by atoms with van der Waals surface area (Å²) >= 11 is 0. The van der Waals surface area contributed by atoms with E-state index in [1.807, 2.05) is 0 Å². The Labute approximate surface area is 311 Å². The lowest BCUT2D eigenvalue weighted by atomic mass is 9.97. The van der Waals surface area contributed by atoms with E-state index in [2.05, 4.69) is 229 Å². The Kier molecular flexibility index (Phi) is 8.66. The quantitative estimate of drug-likeness (QED) is 0.155. The maximum absolute atomic E-state index is 2.36. The lowest BCUT2D eigenvalue weighted by Crippen LogP contribution is -2.10. The molecule has 53 heavy (non-hydrogen) atoms. The summed E-state index contributed by atoms with van der Waals surface area (Å²) in [5, 5.41) is 2.50. The standard InChI is InChI=1S/C52H37N/c1-3-12-38(13-4-1)40-24-26-41(27-25-40)42-28-32-48(33-29-42)53(50-21-10-20-47(37-50)52-23-11-17-44-16-7-8-22-51(44)52)49-34-30-43(31-35-49)46-19-9-18-45(36-46)39-14-5-2-6-15-39/h1-37H. The zero-order valence-corrected chi connectivity index (χ0v) is 29.3. The smallest absolute Gasteiger partial charge is 0.0467 e.